The molecule has 94 valence electrons. The van der Waals surface area contributed by atoms with Crippen molar-refractivity contribution < 1.29 is 14.7 Å². The summed E-state index contributed by atoms with van der Waals surface area (Å²) in [6, 6.07) is 9.43. The lowest BCUT2D eigenvalue weighted by Gasteiger charge is -2.16. The van der Waals surface area contributed by atoms with E-state index in [2.05, 4.69) is 0 Å². The average molecular weight is 263 g/mol. The highest BCUT2D eigenvalue weighted by Gasteiger charge is 2.54. The van der Waals surface area contributed by atoms with Gasteiger partial charge in [0.1, 0.15) is 0 Å². The van der Waals surface area contributed by atoms with Gasteiger partial charge in [-0.15, -0.1) is 11.8 Å². The molecule has 1 N–H and O–H groups in total. The standard InChI is InChI=1S/C13H13NO3S/c15-9-7-18-11-10(9)12(16)14(13(11)17)6-8-4-2-1-3-5-8/h1-5,9-11,15H,6-7H2/t9-,10-,11+/m1/s1. The summed E-state index contributed by atoms with van der Waals surface area (Å²) in [5, 5.41) is 9.37. The van der Waals surface area contributed by atoms with Crippen LogP contribution in [0.5, 0.6) is 0 Å². The second-order valence-electron chi connectivity index (χ2n) is 4.60. The fraction of sp³-hybridized carbons (Fsp3) is 0.385. The van der Waals surface area contributed by atoms with Crippen LogP contribution in [0.4, 0.5) is 0 Å². The molecule has 1 aromatic rings. The molecule has 5 heteroatoms. The van der Waals surface area contributed by atoms with Gasteiger partial charge in [0.05, 0.1) is 23.8 Å². The third kappa shape index (κ3) is 1.74. The summed E-state index contributed by atoms with van der Waals surface area (Å²) in [6.07, 6.45) is -0.683. The van der Waals surface area contributed by atoms with Gasteiger partial charge in [0.25, 0.3) is 0 Å². The van der Waals surface area contributed by atoms with Crippen molar-refractivity contribution in [3.63, 3.8) is 0 Å². The van der Waals surface area contributed by atoms with Crippen LogP contribution in [0.15, 0.2) is 30.3 Å². The second-order valence-corrected chi connectivity index (χ2v) is 5.77. The fourth-order valence-corrected chi connectivity index (χ4v) is 3.88. The molecule has 0 saturated carbocycles. The van der Waals surface area contributed by atoms with E-state index in [0.717, 1.165) is 5.56 Å². The molecule has 3 atom stereocenters. The molecule has 2 aliphatic rings. The van der Waals surface area contributed by atoms with Gasteiger partial charge in [-0.1, -0.05) is 30.3 Å². The van der Waals surface area contributed by atoms with Gasteiger partial charge in [-0.3, -0.25) is 14.5 Å². The Hall–Kier alpha value is -1.33. The zero-order chi connectivity index (χ0) is 12.7. The Morgan fingerprint density at radius 1 is 1.22 bits per heavy atom. The molecule has 0 bridgehead atoms. The summed E-state index contributed by atoms with van der Waals surface area (Å²) >= 11 is 1.39. The van der Waals surface area contributed by atoms with Gasteiger partial charge in [0.2, 0.25) is 11.8 Å². The maximum Gasteiger partial charge on any atom is 0.243 e. The lowest BCUT2D eigenvalue weighted by Crippen LogP contribution is -2.33. The van der Waals surface area contributed by atoms with E-state index in [1.165, 1.54) is 16.7 Å². The molecule has 0 radical (unpaired) electrons. The van der Waals surface area contributed by atoms with Crippen molar-refractivity contribution in [3.05, 3.63) is 35.9 Å². The van der Waals surface area contributed by atoms with Crippen molar-refractivity contribution in [1.29, 1.82) is 0 Å². The van der Waals surface area contributed by atoms with Crippen molar-refractivity contribution in [3.8, 4) is 0 Å². The Bertz CT molecular complexity index is 490. The van der Waals surface area contributed by atoms with Crippen LogP contribution in [-0.2, 0) is 16.1 Å². The molecule has 2 aliphatic heterocycles. The predicted molar refractivity (Wildman–Crippen MR) is 67.7 cm³/mol. The predicted octanol–water partition coefficient (Wildman–Crippen LogP) is 0.648. The molecule has 2 heterocycles. The van der Waals surface area contributed by atoms with Crippen LogP contribution in [0.1, 0.15) is 5.56 Å². The molecular formula is C13H13NO3S. The van der Waals surface area contributed by atoms with Crippen LogP contribution < -0.4 is 0 Å². The van der Waals surface area contributed by atoms with E-state index >= 15 is 0 Å². The van der Waals surface area contributed by atoms with Crippen LogP contribution in [0.25, 0.3) is 0 Å². The number of amides is 2. The van der Waals surface area contributed by atoms with Gasteiger partial charge in [-0.25, -0.2) is 0 Å². The van der Waals surface area contributed by atoms with E-state index in [-0.39, 0.29) is 17.1 Å². The first-order valence-corrected chi connectivity index (χ1v) is 6.92. The summed E-state index contributed by atoms with van der Waals surface area (Å²) in [4.78, 5) is 25.5. The lowest BCUT2D eigenvalue weighted by atomic mass is 10.0. The Kier molecular flexibility index (Phi) is 2.87. The van der Waals surface area contributed by atoms with Gasteiger partial charge in [-0.2, -0.15) is 0 Å². The van der Waals surface area contributed by atoms with Crippen molar-refractivity contribution >= 4 is 23.6 Å². The van der Waals surface area contributed by atoms with Crippen LogP contribution in [-0.4, -0.2) is 38.9 Å². The van der Waals surface area contributed by atoms with Crippen LogP contribution in [0.3, 0.4) is 0 Å². The van der Waals surface area contributed by atoms with Crippen molar-refractivity contribution in [2.24, 2.45) is 5.92 Å². The van der Waals surface area contributed by atoms with Gasteiger partial charge in [0, 0.05) is 5.75 Å². The fourth-order valence-electron chi connectivity index (χ4n) is 2.49. The molecule has 3 rings (SSSR count). The maximum absolute atomic E-state index is 12.1. The molecule has 0 aliphatic carbocycles. The van der Waals surface area contributed by atoms with E-state index in [9.17, 15) is 14.7 Å². The van der Waals surface area contributed by atoms with Gasteiger partial charge in [0.15, 0.2) is 0 Å². The normalized spacial score (nSPS) is 30.9. The minimum atomic E-state index is -0.683. The number of thioether (sulfide) groups is 1. The number of imide groups is 1. The molecule has 0 aromatic heterocycles. The second kappa shape index (κ2) is 4.40. The summed E-state index contributed by atoms with van der Waals surface area (Å²) in [5.41, 5.74) is 0.929. The minimum Gasteiger partial charge on any atom is -0.391 e. The molecule has 2 saturated heterocycles. The van der Waals surface area contributed by atoms with E-state index in [1.54, 1.807) is 0 Å². The molecule has 2 amide bonds. The third-order valence-corrected chi connectivity index (χ3v) is 4.82. The monoisotopic (exact) mass is 263 g/mol. The molecule has 2 fully saturated rings. The number of carbonyl (C=O) groups is 2. The first-order chi connectivity index (χ1) is 8.68. The largest absolute Gasteiger partial charge is 0.391 e. The smallest absolute Gasteiger partial charge is 0.243 e. The lowest BCUT2D eigenvalue weighted by molar-refractivity contribution is -0.140. The number of aliphatic hydroxyl groups is 1. The van der Waals surface area contributed by atoms with E-state index in [1.807, 2.05) is 30.3 Å². The Morgan fingerprint density at radius 2 is 1.94 bits per heavy atom. The first-order valence-electron chi connectivity index (χ1n) is 5.87. The SMILES string of the molecule is O=C1[C@@H]2[C@H](O)CS[C@@H]2C(=O)N1Cc1ccccc1. The zero-order valence-corrected chi connectivity index (χ0v) is 10.5. The first kappa shape index (κ1) is 11.7. The summed E-state index contributed by atoms with van der Waals surface area (Å²) in [7, 11) is 0. The highest BCUT2D eigenvalue weighted by Crippen LogP contribution is 2.40. The average Bonchev–Trinajstić information content (AvgIpc) is 2.87. The Labute approximate surface area is 109 Å². The zero-order valence-electron chi connectivity index (χ0n) is 9.65. The summed E-state index contributed by atoms with van der Waals surface area (Å²) in [6.45, 7) is 0.304. The van der Waals surface area contributed by atoms with Gasteiger partial charge >= 0.3 is 0 Å². The third-order valence-electron chi connectivity index (χ3n) is 3.43. The Morgan fingerprint density at radius 3 is 2.61 bits per heavy atom. The van der Waals surface area contributed by atoms with Crippen LogP contribution in [0.2, 0.25) is 0 Å². The number of hydrogen-bond acceptors (Lipinski definition) is 4. The number of carbonyl (C=O) groups excluding carboxylic acids is 2. The topological polar surface area (TPSA) is 57.6 Å². The number of aliphatic hydroxyl groups excluding tert-OH is 1. The highest BCUT2D eigenvalue weighted by molar-refractivity contribution is 8.01. The number of likely N-dealkylation sites (tertiary alicyclic amines) is 1. The van der Waals surface area contributed by atoms with E-state index < -0.39 is 12.0 Å². The summed E-state index contributed by atoms with van der Waals surface area (Å²) in [5.74, 6) is -0.445. The molecule has 0 spiro atoms. The van der Waals surface area contributed by atoms with Crippen molar-refractivity contribution in [2.45, 2.75) is 17.9 Å². The van der Waals surface area contributed by atoms with Crippen molar-refractivity contribution in [2.75, 3.05) is 5.75 Å². The number of hydrogen-bond donors (Lipinski definition) is 1. The number of benzene rings is 1. The maximum atomic E-state index is 12.1. The molecule has 1 aromatic carbocycles. The van der Waals surface area contributed by atoms with Crippen LogP contribution in [0, 0.1) is 5.92 Å². The van der Waals surface area contributed by atoms with Crippen LogP contribution >= 0.6 is 11.8 Å². The van der Waals surface area contributed by atoms with E-state index in [0.29, 0.717) is 12.3 Å². The van der Waals surface area contributed by atoms with Crippen molar-refractivity contribution in [1.82, 2.24) is 4.90 Å². The summed E-state index contributed by atoms with van der Waals surface area (Å²) < 4.78 is 0. The van der Waals surface area contributed by atoms with Gasteiger partial charge < -0.3 is 5.11 Å². The Balaban J connectivity index is 1.82. The number of rotatable bonds is 2. The van der Waals surface area contributed by atoms with E-state index in [4.69, 9.17) is 0 Å². The number of nitrogens with zero attached hydrogens (tertiary/aromatic N) is 1. The highest BCUT2D eigenvalue weighted by atomic mass is 32.2. The molecule has 18 heavy (non-hydrogen) atoms. The minimum absolute atomic E-state index is 0.157. The number of fused-ring (bicyclic) bond motifs is 1. The van der Waals surface area contributed by atoms with Gasteiger partial charge in [-0.05, 0) is 5.56 Å². The molecular weight excluding hydrogens is 250 g/mol. The molecule has 4 nitrogen and oxygen atoms in total. The molecule has 0 unspecified atom stereocenters. The quantitative estimate of drug-likeness (QED) is 0.796.